The van der Waals surface area contributed by atoms with Gasteiger partial charge in [-0.2, -0.15) is 0 Å². The predicted molar refractivity (Wildman–Crippen MR) is 97.1 cm³/mol. The molecule has 0 aliphatic rings. The fraction of sp³-hybridized carbons (Fsp3) is 0.211. The number of benzene rings is 2. The smallest absolute Gasteiger partial charge is 0.138 e. The quantitative estimate of drug-likeness (QED) is 0.522. The van der Waals surface area contributed by atoms with Crippen LogP contribution in [0.2, 0.25) is 10.0 Å². The van der Waals surface area contributed by atoms with Gasteiger partial charge in [0.15, 0.2) is 0 Å². The minimum atomic E-state index is 0.311. The fourth-order valence-corrected chi connectivity index (χ4v) is 2.85. The molecule has 0 saturated carbocycles. The summed E-state index contributed by atoms with van der Waals surface area (Å²) in [5, 5.41) is 2.35. The van der Waals surface area contributed by atoms with Crippen LogP contribution in [0.1, 0.15) is 30.9 Å². The molecule has 0 radical (unpaired) electrons. The third-order valence-electron chi connectivity index (χ3n) is 3.80. The van der Waals surface area contributed by atoms with Gasteiger partial charge in [-0.1, -0.05) is 37.0 Å². The molecule has 0 N–H and O–H groups in total. The van der Waals surface area contributed by atoms with E-state index < -0.39 is 0 Å². The highest BCUT2D eigenvalue weighted by Gasteiger charge is 2.13. The van der Waals surface area contributed by atoms with E-state index in [4.69, 9.17) is 27.9 Å². The van der Waals surface area contributed by atoms with Gasteiger partial charge in [-0.25, -0.2) is 0 Å². The van der Waals surface area contributed by atoms with Gasteiger partial charge in [-0.15, -0.1) is 0 Å². The maximum atomic E-state index is 6.27. The summed E-state index contributed by atoms with van der Waals surface area (Å²) < 4.78 is 6.22. The molecule has 0 bridgehead atoms. The molecule has 2 nitrogen and oxygen atoms in total. The van der Waals surface area contributed by atoms with Crippen LogP contribution in [0.5, 0.6) is 11.5 Å². The third-order valence-corrected chi connectivity index (χ3v) is 4.44. The van der Waals surface area contributed by atoms with Gasteiger partial charge in [0.05, 0.1) is 5.52 Å². The number of nitrogens with zero attached hydrogens (tertiary/aromatic N) is 1. The minimum Gasteiger partial charge on any atom is -0.456 e. The van der Waals surface area contributed by atoms with Crippen molar-refractivity contribution < 1.29 is 4.74 Å². The lowest BCUT2D eigenvalue weighted by atomic mass is 10.0. The van der Waals surface area contributed by atoms with Gasteiger partial charge in [-0.3, -0.25) is 4.98 Å². The number of fused-ring (bicyclic) bond motifs is 1. The second-order valence-corrected chi connectivity index (χ2v) is 6.71. The van der Waals surface area contributed by atoms with Crippen molar-refractivity contribution in [2.24, 2.45) is 0 Å². The lowest BCUT2D eigenvalue weighted by Crippen LogP contribution is -1.96. The van der Waals surface area contributed by atoms with Gasteiger partial charge < -0.3 is 4.74 Å². The number of rotatable bonds is 3. The number of halogens is 2. The zero-order chi connectivity index (χ0) is 16.6. The summed E-state index contributed by atoms with van der Waals surface area (Å²) in [5.74, 6) is 1.89. The Labute approximate surface area is 146 Å². The van der Waals surface area contributed by atoms with E-state index >= 15 is 0 Å². The molecule has 3 rings (SSSR count). The fourth-order valence-electron chi connectivity index (χ4n) is 2.51. The van der Waals surface area contributed by atoms with Crippen molar-refractivity contribution in [1.29, 1.82) is 0 Å². The highest BCUT2D eigenvalue weighted by molar-refractivity contribution is 6.31. The summed E-state index contributed by atoms with van der Waals surface area (Å²) in [4.78, 5) is 4.35. The molecular formula is C19H17Cl2NO. The van der Waals surface area contributed by atoms with Crippen molar-refractivity contribution in [2.75, 3.05) is 0 Å². The molecule has 0 unspecified atom stereocenters. The molecule has 0 fully saturated rings. The zero-order valence-electron chi connectivity index (χ0n) is 13.2. The summed E-state index contributed by atoms with van der Waals surface area (Å²) in [6, 6.07) is 11.4. The number of ether oxygens (including phenoxy) is 1. The highest BCUT2D eigenvalue weighted by atomic mass is 35.5. The second kappa shape index (κ2) is 6.38. The molecule has 0 aliphatic heterocycles. The lowest BCUT2D eigenvalue weighted by Gasteiger charge is -2.16. The molecule has 2 aromatic carbocycles. The van der Waals surface area contributed by atoms with Crippen LogP contribution >= 0.6 is 23.2 Å². The van der Waals surface area contributed by atoms with Crippen molar-refractivity contribution in [2.45, 2.75) is 26.7 Å². The first-order valence-corrected chi connectivity index (χ1v) is 8.23. The van der Waals surface area contributed by atoms with Crippen molar-refractivity contribution >= 4 is 34.1 Å². The van der Waals surface area contributed by atoms with Gasteiger partial charge >= 0.3 is 0 Å². The van der Waals surface area contributed by atoms with Crippen LogP contribution in [0.15, 0.2) is 42.6 Å². The average molecular weight is 346 g/mol. The van der Waals surface area contributed by atoms with E-state index in [0.29, 0.717) is 10.9 Å². The van der Waals surface area contributed by atoms with Crippen molar-refractivity contribution in [1.82, 2.24) is 4.98 Å². The van der Waals surface area contributed by atoms with Gasteiger partial charge in [0.25, 0.3) is 0 Å². The van der Waals surface area contributed by atoms with E-state index in [1.807, 2.05) is 43.3 Å². The first-order valence-electron chi connectivity index (χ1n) is 7.48. The summed E-state index contributed by atoms with van der Waals surface area (Å²) >= 11 is 12.3. The molecule has 3 aromatic rings. The van der Waals surface area contributed by atoms with E-state index in [-0.39, 0.29) is 0 Å². The molecule has 0 aliphatic carbocycles. The van der Waals surface area contributed by atoms with Gasteiger partial charge in [0, 0.05) is 21.6 Å². The van der Waals surface area contributed by atoms with Crippen molar-refractivity contribution in [3.8, 4) is 11.5 Å². The van der Waals surface area contributed by atoms with Gasteiger partial charge in [0.1, 0.15) is 11.5 Å². The molecule has 4 heteroatoms. The van der Waals surface area contributed by atoms with Crippen LogP contribution in [0, 0.1) is 6.92 Å². The molecular weight excluding hydrogens is 329 g/mol. The average Bonchev–Trinajstić information content (AvgIpc) is 2.50. The Morgan fingerprint density at radius 3 is 2.52 bits per heavy atom. The number of pyridine rings is 1. The Hall–Kier alpha value is -1.77. The van der Waals surface area contributed by atoms with Gasteiger partial charge in [0.2, 0.25) is 0 Å². The number of hydrogen-bond acceptors (Lipinski definition) is 2. The van der Waals surface area contributed by atoms with Crippen LogP contribution in [0.25, 0.3) is 10.9 Å². The standard InChI is InChI=1S/C19H17Cl2NO/c1-11(2)15-10-16(21)12(3)8-19(15)23-18-6-7-22-17-9-13(20)4-5-14(17)18/h4-11H,1-3H3. The summed E-state index contributed by atoms with van der Waals surface area (Å²) in [7, 11) is 0. The molecule has 118 valence electrons. The molecule has 1 aromatic heterocycles. The molecule has 1 heterocycles. The Bertz CT molecular complexity index is 875. The number of aryl methyl sites for hydroxylation is 1. The van der Waals surface area contributed by atoms with Crippen molar-refractivity contribution in [3.05, 3.63) is 63.8 Å². The first kappa shape index (κ1) is 16.1. The minimum absolute atomic E-state index is 0.311. The molecule has 0 atom stereocenters. The Kier molecular flexibility index (Phi) is 4.47. The molecule has 0 spiro atoms. The van der Waals surface area contributed by atoms with Crippen LogP contribution < -0.4 is 4.74 Å². The normalized spacial score (nSPS) is 11.2. The van der Waals surface area contributed by atoms with E-state index in [0.717, 1.165) is 38.6 Å². The SMILES string of the molecule is Cc1cc(Oc2ccnc3cc(Cl)ccc23)c(C(C)C)cc1Cl. The number of aromatic nitrogens is 1. The molecule has 0 amide bonds. The second-order valence-electron chi connectivity index (χ2n) is 5.87. The van der Waals surface area contributed by atoms with E-state index in [2.05, 4.69) is 18.8 Å². The Morgan fingerprint density at radius 2 is 1.78 bits per heavy atom. The van der Waals surface area contributed by atoms with Crippen LogP contribution in [-0.4, -0.2) is 4.98 Å². The third kappa shape index (κ3) is 3.29. The molecule has 0 saturated heterocycles. The van der Waals surface area contributed by atoms with E-state index in [1.165, 1.54) is 0 Å². The molecule has 23 heavy (non-hydrogen) atoms. The maximum Gasteiger partial charge on any atom is 0.138 e. The van der Waals surface area contributed by atoms with Crippen LogP contribution in [-0.2, 0) is 0 Å². The summed E-state index contributed by atoms with van der Waals surface area (Å²) in [6.45, 7) is 6.22. The summed E-state index contributed by atoms with van der Waals surface area (Å²) in [6.07, 6.45) is 1.73. The predicted octanol–water partition coefficient (Wildman–Crippen LogP) is 6.77. The number of hydrogen-bond donors (Lipinski definition) is 0. The Balaban J connectivity index is 2.11. The zero-order valence-corrected chi connectivity index (χ0v) is 14.7. The maximum absolute atomic E-state index is 6.27. The van der Waals surface area contributed by atoms with Crippen LogP contribution in [0.4, 0.5) is 0 Å². The van der Waals surface area contributed by atoms with Gasteiger partial charge in [-0.05, 0) is 60.4 Å². The monoisotopic (exact) mass is 345 g/mol. The van der Waals surface area contributed by atoms with E-state index in [1.54, 1.807) is 6.20 Å². The van der Waals surface area contributed by atoms with Crippen molar-refractivity contribution in [3.63, 3.8) is 0 Å². The Morgan fingerprint density at radius 1 is 1.00 bits per heavy atom. The van der Waals surface area contributed by atoms with Crippen LogP contribution in [0.3, 0.4) is 0 Å². The summed E-state index contributed by atoms with van der Waals surface area (Å²) in [5.41, 5.74) is 2.89. The lowest BCUT2D eigenvalue weighted by molar-refractivity contribution is 0.477. The highest BCUT2D eigenvalue weighted by Crippen LogP contribution is 2.37. The first-order chi connectivity index (χ1) is 11.0. The largest absolute Gasteiger partial charge is 0.456 e. The topological polar surface area (TPSA) is 22.1 Å². The van der Waals surface area contributed by atoms with E-state index in [9.17, 15) is 0 Å².